The van der Waals surface area contributed by atoms with Gasteiger partial charge in [0, 0.05) is 11.8 Å². The van der Waals surface area contributed by atoms with E-state index in [0.717, 1.165) is 25.2 Å². The Labute approximate surface area is 134 Å². The average molecular weight is 296 g/mol. The zero-order valence-electron chi connectivity index (χ0n) is 13.8. The number of aliphatic hydroxyl groups excluding tert-OH is 1. The van der Waals surface area contributed by atoms with Crippen LogP contribution in [0.4, 0.5) is 0 Å². The van der Waals surface area contributed by atoms with Gasteiger partial charge < -0.3 is 5.11 Å². The number of fused-ring (bicyclic) bond motifs is 4. The first-order chi connectivity index (χ1) is 10.8. The van der Waals surface area contributed by atoms with Crippen LogP contribution >= 0.6 is 0 Å². The van der Waals surface area contributed by atoms with Crippen molar-refractivity contribution in [1.29, 1.82) is 0 Å². The smallest absolute Gasteiger partial charge is 0.0608 e. The van der Waals surface area contributed by atoms with Crippen molar-refractivity contribution in [3.63, 3.8) is 0 Å². The van der Waals surface area contributed by atoms with E-state index in [9.17, 15) is 5.11 Å². The largest absolute Gasteiger partial charge is 0.393 e. The maximum atomic E-state index is 10.7. The van der Waals surface area contributed by atoms with Crippen LogP contribution in [0.25, 0.3) is 0 Å². The van der Waals surface area contributed by atoms with Crippen molar-refractivity contribution in [2.75, 3.05) is 0 Å². The molecule has 0 amide bonds. The van der Waals surface area contributed by atoms with E-state index >= 15 is 0 Å². The summed E-state index contributed by atoms with van der Waals surface area (Å²) in [5, 5.41) is 10.7. The molecule has 1 heteroatoms. The number of hydrogen-bond donors (Lipinski definition) is 1. The van der Waals surface area contributed by atoms with E-state index in [1.54, 1.807) is 16.7 Å². The Bertz CT molecular complexity index is 585. The van der Waals surface area contributed by atoms with E-state index in [-0.39, 0.29) is 11.5 Å². The molecule has 0 bridgehead atoms. The lowest BCUT2D eigenvalue weighted by Crippen LogP contribution is -2.43. The highest BCUT2D eigenvalue weighted by atomic mass is 16.3. The van der Waals surface area contributed by atoms with Crippen LogP contribution in [0.15, 0.2) is 22.8 Å². The third-order valence-electron chi connectivity index (χ3n) is 7.06. The molecule has 0 aromatic rings. The highest BCUT2D eigenvalue weighted by molar-refractivity contribution is 5.43. The summed E-state index contributed by atoms with van der Waals surface area (Å²) >= 11 is 0. The first-order valence-electron chi connectivity index (χ1n) is 9.25. The van der Waals surface area contributed by atoms with Gasteiger partial charge in [0.2, 0.25) is 0 Å². The summed E-state index contributed by atoms with van der Waals surface area (Å²) in [4.78, 5) is 0. The molecule has 0 radical (unpaired) electrons. The quantitative estimate of drug-likeness (QED) is 0.691. The van der Waals surface area contributed by atoms with Crippen LogP contribution in [0.3, 0.4) is 0 Å². The van der Waals surface area contributed by atoms with E-state index in [0.29, 0.717) is 5.92 Å². The molecule has 4 aliphatic carbocycles. The Morgan fingerprint density at radius 3 is 3.00 bits per heavy atom. The van der Waals surface area contributed by atoms with Gasteiger partial charge in [0.1, 0.15) is 0 Å². The van der Waals surface area contributed by atoms with Gasteiger partial charge in [0.05, 0.1) is 6.10 Å². The molecule has 1 nitrogen and oxygen atoms in total. The molecule has 2 saturated carbocycles. The van der Waals surface area contributed by atoms with Gasteiger partial charge in [-0.15, -0.1) is 11.8 Å². The summed E-state index contributed by atoms with van der Waals surface area (Å²) in [6.07, 6.45) is 14.4. The van der Waals surface area contributed by atoms with E-state index in [4.69, 9.17) is 0 Å². The van der Waals surface area contributed by atoms with Crippen molar-refractivity contribution in [2.45, 2.75) is 77.2 Å². The van der Waals surface area contributed by atoms with Gasteiger partial charge in [0.15, 0.2) is 0 Å². The summed E-state index contributed by atoms with van der Waals surface area (Å²) in [6, 6.07) is 0. The van der Waals surface area contributed by atoms with Crippen LogP contribution in [0.1, 0.15) is 71.1 Å². The molecule has 1 N–H and O–H groups in total. The number of hydrogen-bond acceptors (Lipinski definition) is 1. The van der Waals surface area contributed by atoms with E-state index in [2.05, 4.69) is 17.9 Å². The monoisotopic (exact) mass is 296 g/mol. The van der Waals surface area contributed by atoms with Gasteiger partial charge >= 0.3 is 0 Å². The number of aliphatic hydroxyl groups is 1. The highest BCUT2D eigenvalue weighted by Gasteiger charge is 2.55. The van der Waals surface area contributed by atoms with Crippen molar-refractivity contribution < 1.29 is 5.11 Å². The highest BCUT2D eigenvalue weighted by Crippen LogP contribution is 2.61. The fourth-order valence-electron chi connectivity index (χ4n) is 6.02. The molecule has 4 atom stereocenters. The number of rotatable bonds is 1. The van der Waals surface area contributed by atoms with E-state index in [1.165, 1.54) is 44.9 Å². The van der Waals surface area contributed by atoms with Crippen molar-refractivity contribution in [2.24, 2.45) is 17.3 Å². The van der Waals surface area contributed by atoms with Gasteiger partial charge in [-0.25, -0.2) is 0 Å². The Morgan fingerprint density at radius 1 is 1.23 bits per heavy atom. The second kappa shape index (κ2) is 5.57. The minimum absolute atomic E-state index is 0.105. The van der Waals surface area contributed by atoms with Crippen LogP contribution in [0.5, 0.6) is 0 Å². The molecule has 0 heterocycles. The maximum absolute atomic E-state index is 10.7. The van der Waals surface area contributed by atoms with Crippen LogP contribution in [-0.4, -0.2) is 11.2 Å². The predicted octanol–water partition coefficient (Wildman–Crippen LogP) is 4.77. The Morgan fingerprint density at radius 2 is 2.14 bits per heavy atom. The van der Waals surface area contributed by atoms with Gasteiger partial charge in [-0.2, -0.15) is 0 Å². The molecule has 0 unspecified atom stereocenters. The van der Waals surface area contributed by atoms with Crippen LogP contribution in [0, 0.1) is 29.1 Å². The van der Waals surface area contributed by atoms with Crippen molar-refractivity contribution >= 4 is 0 Å². The molecule has 4 rings (SSSR count). The zero-order chi connectivity index (χ0) is 15.2. The SMILES string of the molecule is CC#CC[C@]12CCC3=C4CCCC=C4CC[C@H]3[C@@H]1CC[C@@H]2O. The first-order valence-corrected chi connectivity index (χ1v) is 9.25. The second-order valence-corrected chi connectivity index (χ2v) is 7.81. The fourth-order valence-corrected chi connectivity index (χ4v) is 6.02. The normalized spacial score (nSPS) is 40.1. The fraction of sp³-hybridized carbons (Fsp3) is 0.714. The van der Waals surface area contributed by atoms with Crippen molar-refractivity contribution in [1.82, 2.24) is 0 Å². The average Bonchev–Trinajstić information content (AvgIpc) is 2.90. The first kappa shape index (κ1) is 14.6. The van der Waals surface area contributed by atoms with Gasteiger partial charge in [-0.1, -0.05) is 11.6 Å². The van der Waals surface area contributed by atoms with Crippen LogP contribution in [0.2, 0.25) is 0 Å². The summed E-state index contributed by atoms with van der Waals surface area (Å²) in [6.45, 7) is 1.93. The molecule has 0 aromatic heterocycles. The molecule has 22 heavy (non-hydrogen) atoms. The summed E-state index contributed by atoms with van der Waals surface area (Å²) in [5.74, 6) is 7.83. The molecule has 0 spiro atoms. The summed E-state index contributed by atoms with van der Waals surface area (Å²) < 4.78 is 0. The van der Waals surface area contributed by atoms with Crippen LogP contribution < -0.4 is 0 Å². The van der Waals surface area contributed by atoms with Crippen molar-refractivity contribution in [3.05, 3.63) is 22.8 Å². The van der Waals surface area contributed by atoms with E-state index in [1.807, 2.05) is 6.92 Å². The molecule has 0 aromatic carbocycles. The Balaban J connectivity index is 1.71. The summed E-state index contributed by atoms with van der Waals surface area (Å²) in [7, 11) is 0. The van der Waals surface area contributed by atoms with Gasteiger partial charge in [-0.05, 0) is 87.7 Å². The minimum atomic E-state index is -0.117. The lowest BCUT2D eigenvalue weighted by molar-refractivity contribution is -0.00816. The van der Waals surface area contributed by atoms with Crippen LogP contribution in [-0.2, 0) is 0 Å². The Kier molecular flexibility index (Phi) is 3.69. The van der Waals surface area contributed by atoms with E-state index < -0.39 is 0 Å². The van der Waals surface area contributed by atoms with Crippen molar-refractivity contribution in [3.8, 4) is 11.8 Å². The zero-order valence-corrected chi connectivity index (χ0v) is 13.8. The molecule has 118 valence electrons. The summed E-state index contributed by atoms with van der Waals surface area (Å²) in [5.41, 5.74) is 5.31. The third-order valence-corrected chi connectivity index (χ3v) is 7.06. The maximum Gasteiger partial charge on any atom is 0.0608 e. The molecular formula is C21H28O. The van der Waals surface area contributed by atoms with Gasteiger partial charge in [-0.3, -0.25) is 0 Å². The number of allylic oxidation sites excluding steroid dienone is 4. The lowest BCUT2D eigenvalue weighted by atomic mass is 9.56. The third kappa shape index (κ3) is 2.04. The minimum Gasteiger partial charge on any atom is -0.393 e. The topological polar surface area (TPSA) is 20.2 Å². The predicted molar refractivity (Wildman–Crippen MR) is 90.1 cm³/mol. The van der Waals surface area contributed by atoms with Gasteiger partial charge in [0.25, 0.3) is 0 Å². The molecule has 2 fully saturated rings. The molecular weight excluding hydrogens is 268 g/mol. The lowest BCUT2D eigenvalue weighted by Gasteiger charge is -2.49. The standard InChI is InChI=1S/C21H28O/c1-2-3-13-21-14-12-17-16-7-5-4-6-15(16)8-9-18(17)19(21)10-11-20(21)22/h6,18-20,22H,4-5,7-14H2,1H3/t18-,19+,20+,21+/m1/s1. The second-order valence-electron chi connectivity index (χ2n) is 7.81. The molecule has 4 aliphatic rings. The molecule has 0 saturated heterocycles. The molecule has 0 aliphatic heterocycles. The Hall–Kier alpha value is -1.00.